The number of ether oxygens (including phenoxy) is 1. The Morgan fingerprint density at radius 2 is 1.89 bits per heavy atom. The number of carbonyl (C=O) groups is 1. The Morgan fingerprint density at radius 3 is 2.50 bits per heavy atom. The number of aryl methyl sites for hydroxylation is 1. The molecule has 1 fully saturated rings. The Labute approximate surface area is 212 Å². The first kappa shape index (κ1) is 27.8. The summed E-state index contributed by atoms with van der Waals surface area (Å²) >= 11 is 0. The number of nitrogens with one attached hydrogen (secondary N) is 3. The standard InChI is InChI=1S/C25H37N5O5S/c1-5-15-35-21-10-9-17(16-19(21)23-27-20(7-3)18(6-2)25(32)29-23)24(31)28-22(8-4)36(33,34)30-13-11-26-12-14-30/h9-10,16,22,26H,5-8,11-15H2,1-4H3,(H,28,31)(H,27,29,32). The zero-order chi connectivity index (χ0) is 26.3. The molecule has 1 unspecified atom stereocenters. The smallest absolute Gasteiger partial charge is 0.254 e. The van der Waals surface area contributed by atoms with Crippen LogP contribution in [0, 0.1) is 0 Å². The Morgan fingerprint density at radius 1 is 1.17 bits per heavy atom. The highest BCUT2D eigenvalue weighted by Gasteiger charge is 2.33. The van der Waals surface area contributed by atoms with Gasteiger partial charge in [-0.15, -0.1) is 0 Å². The summed E-state index contributed by atoms with van der Waals surface area (Å²) in [5.41, 5.74) is 1.84. The van der Waals surface area contributed by atoms with E-state index in [9.17, 15) is 18.0 Å². The molecule has 0 radical (unpaired) electrons. The van der Waals surface area contributed by atoms with Gasteiger partial charge in [-0.3, -0.25) is 9.59 Å². The summed E-state index contributed by atoms with van der Waals surface area (Å²) in [6.07, 6.45) is 2.17. The molecule has 0 aliphatic carbocycles. The van der Waals surface area contributed by atoms with E-state index in [4.69, 9.17) is 4.74 Å². The molecule has 1 atom stereocenters. The summed E-state index contributed by atoms with van der Waals surface area (Å²) in [6.45, 7) is 9.91. The molecule has 1 aliphatic heterocycles. The second kappa shape index (κ2) is 12.5. The highest BCUT2D eigenvalue weighted by molar-refractivity contribution is 7.89. The van der Waals surface area contributed by atoms with Gasteiger partial charge in [0, 0.05) is 37.3 Å². The summed E-state index contributed by atoms with van der Waals surface area (Å²) in [7, 11) is -3.71. The summed E-state index contributed by atoms with van der Waals surface area (Å²) in [5.74, 6) is 0.283. The van der Waals surface area contributed by atoms with Gasteiger partial charge in [-0.05, 0) is 43.9 Å². The molecule has 0 spiro atoms. The van der Waals surface area contributed by atoms with Crippen LogP contribution in [0.15, 0.2) is 23.0 Å². The number of rotatable bonds is 11. The van der Waals surface area contributed by atoms with E-state index >= 15 is 0 Å². The molecule has 1 aromatic carbocycles. The monoisotopic (exact) mass is 519 g/mol. The van der Waals surface area contributed by atoms with Crippen LogP contribution >= 0.6 is 0 Å². The third-order valence-electron chi connectivity index (χ3n) is 6.21. The van der Waals surface area contributed by atoms with Crippen molar-refractivity contribution in [3.63, 3.8) is 0 Å². The predicted molar refractivity (Wildman–Crippen MR) is 140 cm³/mol. The topological polar surface area (TPSA) is 133 Å². The first-order valence-electron chi connectivity index (χ1n) is 12.7. The fraction of sp³-hybridized carbons (Fsp3) is 0.560. The number of piperazine rings is 1. The summed E-state index contributed by atoms with van der Waals surface area (Å²) in [5, 5.41) is 4.78. The van der Waals surface area contributed by atoms with Crippen LogP contribution in [0.25, 0.3) is 11.4 Å². The van der Waals surface area contributed by atoms with Gasteiger partial charge < -0.3 is 20.4 Å². The van der Waals surface area contributed by atoms with Gasteiger partial charge >= 0.3 is 0 Å². The molecule has 0 bridgehead atoms. The molecule has 11 heteroatoms. The van der Waals surface area contributed by atoms with E-state index in [1.807, 2.05) is 20.8 Å². The second-order valence-electron chi connectivity index (χ2n) is 8.67. The van der Waals surface area contributed by atoms with Gasteiger partial charge in [0.15, 0.2) is 0 Å². The number of benzene rings is 1. The van der Waals surface area contributed by atoms with Crippen molar-refractivity contribution in [2.75, 3.05) is 32.8 Å². The molecule has 1 amide bonds. The number of carbonyl (C=O) groups excluding carboxylic acids is 1. The fourth-order valence-electron chi connectivity index (χ4n) is 4.22. The van der Waals surface area contributed by atoms with E-state index in [1.165, 1.54) is 4.31 Å². The van der Waals surface area contributed by atoms with Crippen LogP contribution in [-0.2, 0) is 22.9 Å². The van der Waals surface area contributed by atoms with Crippen LogP contribution in [0.5, 0.6) is 5.75 Å². The van der Waals surface area contributed by atoms with Gasteiger partial charge in [-0.2, -0.15) is 4.31 Å². The van der Waals surface area contributed by atoms with Crippen molar-refractivity contribution in [1.29, 1.82) is 0 Å². The molecule has 1 aromatic heterocycles. The van der Waals surface area contributed by atoms with E-state index in [0.717, 1.165) is 6.42 Å². The third kappa shape index (κ3) is 6.13. The largest absolute Gasteiger partial charge is 0.493 e. The molecule has 2 heterocycles. The van der Waals surface area contributed by atoms with Crippen molar-refractivity contribution in [3.05, 3.63) is 45.4 Å². The SMILES string of the molecule is CCCOc1ccc(C(=O)NC(CC)S(=O)(=O)N2CCNCC2)cc1-c1nc(CC)c(CC)c(=O)[nH]1. The molecule has 1 saturated heterocycles. The molecule has 198 valence electrons. The lowest BCUT2D eigenvalue weighted by molar-refractivity contribution is 0.0946. The van der Waals surface area contributed by atoms with E-state index in [0.29, 0.717) is 74.0 Å². The lowest BCUT2D eigenvalue weighted by Gasteiger charge is -2.30. The van der Waals surface area contributed by atoms with Gasteiger partial charge in [-0.1, -0.05) is 27.7 Å². The van der Waals surface area contributed by atoms with Gasteiger partial charge in [-0.25, -0.2) is 13.4 Å². The van der Waals surface area contributed by atoms with Crippen molar-refractivity contribution in [1.82, 2.24) is 24.9 Å². The minimum atomic E-state index is -3.71. The zero-order valence-electron chi connectivity index (χ0n) is 21.5. The number of aromatic amines is 1. The first-order valence-corrected chi connectivity index (χ1v) is 14.2. The molecular formula is C25H37N5O5S. The molecule has 0 saturated carbocycles. The summed E-state index contributed by atoms with van der Waals surface area (Å²) in [4.78, 5) is 33.4. The van der Waals surface area contributed by atoms with Gasteiger partial charge in [0.05, 0.1) is 17.9 Å². The van der Waals surface area contributed by atoms with Gasteiger partial charge in [0.25, 0.3) is 11.5 Å². The molecule has 2 aromatic rings. The van der Waals surface area contributed by atoms with Crippen LogP contribution < -0.4 is 20.9 Å². The quantitative estimate of drug-likeness (QED) is 0.414. The van der Waals surface area contributed by atoms with E-state index in [2.05, 4.69) is 20.6 Å². The van der Waals surface area contributed by atoms with Crippen molar-refractivity contribution in [2.45, 2.75) is 58.8 Å². The van der Waals surface area contributed by atoms with Crippen molar-refractivity contribution in [3.8, 4) is 17.1 Å². The van der Waals surface area contributed by atoms with E-state index in [1.54, 1.807) is 25.1 Å². The summed E-state index contributed by atoms with van der Waals surface area (Å²) < 4.78 is 33.5. The van der Waals surface area contributed by atoms with Crippen LogP contribution in [0.4, 0.5) is 0 Å². The predicted octanol–water partition coefficient (Wildman–Crippen LogP) is 2.05. The first-order chi connectivity index (χ1) is 17.3. The molecule has 3 rings (SSSR count). The molecular weight excluding hydrogens is 482 g/mol. The maximum atomic E-state index is 13.2. The van der Waals surface area contributed by atoms with E-state index < -0.39 is 21.3 Å². The number of nitrogens with zero attached hydrogens (tertiary/aromatic N) is 2. The van der Waals surface area contributed by atoms with Crippen molar-refractivity contribution >= 4 is 15.9 Å². The number of H-pyrrole nitrogens is 1. The van der Waals surface area contributed by atoms with E-state index in [-0.39, 0.29) is 17.5 Å². The average Bonchev–Trinajstić information content (AvgIpc) is 2.90. The van der Waals surface area contributed by atoms with Crippen LogP contribution in [0.1, 0.15) is 62.2 Å². The lowest BCUT2D eigenvalue weighted by atomic mass is 10.1. The Bertz CT molecular complexity index is 1220. The van der Waals surface area contributed by atoms with Gasteiger partial charge in [0.1, 0.15) is 16.9 Å². The third-order valence-corrected chi connectivity index (χ3v) is 8.46. The number of sulfonamides is 1. The highest BCUT2D eigenvalue weighted by atomic mass is 32.2. The minimum Gasteiger partial charge on any atom is -0.493 e. The van der Waals surface area contributed by atoms with Crippen LogP contribution in [0.2, 0.25) is 0 Å². The number of amides is 1. The molecule has 36 heavy (non-hydrogen) atoms. The zero-order valence-corrected chi connectivity index (χ0v) is 22.3. The minimum absolute atomic E-state index is 0.219. The number of aromatic nitrogens is 2. The highest BCUT2D eigenvalue weighted by Crippen LogP contribution is 2.29. The fourth-order valence-corrected chi connectivity index (χ4v) is 5.95. The Balaban J connectivity index is 1.97. The molecule has 3 N–H and O–H groups in total. The van der Waals surface area contributed by atoms with Crippen LogP contribution in [-0.4, -0.2) is 66.8 Å². The maximum absolute atomic E-state index is 13.2. The number of hydrogen-bond acceptors (Lipinski definition) is 7. The Hall–Kier alpha value is -2.76. The second-order valence-corrected chi connectivity index (χ2v) is 10.8. The average molecular weight is 520 g/mol. The molecule has 1 aliphatic rings. The molecule has 10 nitrogen and oxygen atoms in total. The van der Waals surface area contributed by atoms with Crippen LogP contribution in [0.3, 0.4) is 0 Å². The maximum Gasteiger partial charge on any atom is 0.254 e. The normalized spacial score (nSPS) is 15.4. The summed E-state index contributed by atoms with van der Waals surface area (Å²) in [6, 6.07) is 4.84. The van der Waals surface area contributed by atoms with Crippen molar-refractivity contribution in [2.24, 2.45) is 0 Å². The van der Waals surface area contributed by atoms with Crippen molar-refractivity contribution < 1.29 is 17.9 Å². The van der Waals surface area contributed by atoms with Gasteiger partial charge in [0.2, 0.25) is 10.0 Å². The Kier molecular flexibility index (Phi) is 9.63. The lowest BCUT2D eigenvalue weighted by Crippen LogP contribution is -2.53. The number of hydrogen-bond donors (Lipinski definition) is 3.